The maximum Gasteiger partial charge on any atom is 0.174 e. The minimum atomic E-state index is 0.0387. The summed E-state index contributed by atoms with van der Waals surface area (Å²) in [5, 5.41) is 3.46. The topological polar surface area (TPSA) is 38.3 Å². The van der Waals surface area contributed by atoms with E-state index in [2.05, 4.69) is 28.2 Å². The lowest BCUT2D eigenvalue weighted by atomic mass is 10.1. The van der Waals surface area contributed by atoms with Crippen LogP contribution in [0, 0.1) is 6.92 Å². The summed E-state index contributed by atoms with van der Waals surface area (Å²) in [4.78, 5) is 0. The molecule has 0 amide bonds. The zero-order valence-electron chi connectivity index (χ0n) is 10.00. The third kappa shape index (κ3) is 2.82. The summed E-state index contributed by atoms with van der Waals surface area (Å²) in [7, 11) is 0. The molecule has 2 heterocycles. The minimum Gasteiger partial charge on any atom is -0.464 e. The van der Waals surface area contributed by atoms with Gasteiger partial charge in [0.15, 0.2) is 4.67 Å². The van der Waals surface area contributed by atoms with E-state index in [9.17, 15) is 0 Å². The smallest absolute Gasteiger partial charge is 0.174 e. The fourth-order valence-corrected chi connectivity index (χ4v) is 2.24. The summed E-state index contributed by atoms with van der Waals surface area (Å²) < 4.78 is 11.7. The van der Waals surface area contributed by atoms with Crippen molar-refractivity contribution in [2.24, 2.45) is 0 Å². The molecule has 92 valence electrons. The van der Waals surface area contributed by atoms with Crippen molar-refractivity contribution in [3.05, 3.63) is 46.2 Å². The van der Waals surface area contributed by atoms with Gasteiger partial charge in [-0.2, -0.15) is 0 Å². The first kappa shape index (κ1) is 12.5. The lowest BCUT2D eigenvalue weighted by Crippen LogP contribution is -2.22. The Morgan fingerprint density at radius 3 is 2.71 bits per heavy atom. The molecule has 0 aliphatic heterocycles. The van der Waals surface area contributed by atoms with E-state index in [0.717, 1.165) is 34.7 Å². The molecule has 0 fully saturated rings. The first-order chi connectivity index (χ1) is 8.22. The third-order valence-corrected chi connectivity index (χ3v) is 3.25. The van der Waals surface area contributed by atoms with Gasteiger partial charge in [0.1, 0.15) is 11.5 Å². The van der Waals surface area contributed by atoms with Gasteiger partial charge >= 0.3 is 0 Å². The quantitative estimate of drug-likeness (QED) is 0.905. The first-order valence-corrected chi connectivity index (χ1v) is 6.54. The second-order valence-electron chi connectivity index (χ2n) is 3.99. The van der Waals surface area contributed by atoms with E-state index >= 15 is 0 Å². The van der Waals surface area contributed by atoms with E-state index in [1.165, 1.54) is 0 Å². The highest BCUT2D eigenvalue weighted by molar-refractivity contribution is 9.10. The minimum absolute atomic E-state index is 0.0387. The van der Waals surface area contributed by atoms with Gasteiger partial charge in [-0.1, -0.05) is 6.92 Å². The molecule has 1 N–H and O–H groups in total. The number of aryl methyl sites for hydroxylation is 1. The van der Waals surface area contributed by atoms with Crippen LogP contribution in [0.5, 0.6) is 0 Å². The molecule has 2 rings (SSSR count). The Bertz CT molecular complexity index is 475. The van der Waals surface area contributed by atoms with Crippen molar-refractivity contribution in [2.45, 2.75) is 26.3 Å². The second kappa shape index (κ2) is 5.56. The standard InChI is InChI=1S/C13H16BrNO2/c1-3-7-15-12(10-6-8-16-13(10)14)11-5-4-9(2)17-11/h4-6,8,12,15H,3,7H2,1-2H3. The number of halogens is 1. The molecule has 0 saturated carbocycles. The van der Waals surface area contributed by atoms with Crippen LogP contribution < -0.4 is 5.32 Å². The van der Waals surface area contributed by atoms with E-state index in [0.29, 0.717) is 0 Å². The van der Waals surface area contributed by atoms with E-state index in [4.69, 9.17) is 8.83 Å². The van der Waals surface area contributed by atoms with E-state index in [-0.39, 0.29) is 6.04 Å². The Kier molecular flexibility index (Phi) is 4.07. The Hall–Kier alpha value is -1.00. The fraction of sp³-hybridized carbons (Fsp3) is 0.385. The van der Waals surface area contributed by atoms with Crippen LogP contribution in [0.25, 0.3) is 0 Å². The van der Waals surface area contributed by atoms with Crippen molar-refractivity contribution in [3.8, 4) is 0 Å². The number of hydrogen-bond donors (Lipinski definition) is 1. The summed E-state index contributed by atoms with van der Waals surface area (Å²) in [5.41, 5.74) is 1.06. The van der Waals surface area contributed by atoms with Gasteiger partial charge in [0.25, 0.3) is 0 Å². The summed E-state index contributed by atoms with van der Waals surface area (Å²) >= 11 is 3.41. The van der Waals surface area contributed by atoms with Gasteiger partial charge in [-0.25, -0.2) is 0 Å². The summed E-state index contributed by atoms with van der Waals surface area (Å²) in [5.74, 6) is 1.83. The van der Waals surface area contributed by atoms with Crippen LogP contribution in [0.4, 0.5) is 0 Å². The van der Waals surface area contributed by atoms with Crippen molar-refractivity contribution < 1.29 is 8.83 Å². The highest BCUT2D eigenvalue weighted by Gasteiger charge is 2.20. The molecule has 4 heteroatoms. The zero-order chi connectivity index (χ0) is 12.3. The maximum absolute atomic E-state index is 5.70. The first-order valence-electron chi connectivity index (χ1n) is 5.75. The summed E-state index contributed by atoms with van der Waals surface area (Å²) in [6.45, 7) is 5.02. The third-order valence-electron chi connectivity index (χ3n) is 2.60. The molecular formula is C13H16BrNO2. The van der Waals surface area contributed by atoms with E-state index < -0.39 is 0 Å². The van der Waals surface area contributed by atoms with Gasteiger partial charge < -0.3 is 14.2 Å². The Morgan fingerprint density at radius 1 is 1.35 bits per heavy atom. The van der Waals surface area contributed by atoms with Crippen LogP contribution in [0.15, 0.2) is 38.0 Å². The largest absolute Gasteiger partial charge is 0.464 e. The monoisotopic (exact) mass is 297 g/mol. The highest BCUT2D eigenvalue weighted by Crippen LogP contribution is 2.30. The van der Waals surface area contributed by atoms with Gasteiger partial charge in [0.2, 0.25) is 0 Å². The van der Waals surface area contributed by atoms with Crippen LogP contribution >= 0.6 is 15.9 Å². The lowest BCUT2D eigenvalue weighted by molar-refractivity contribution is 0.425. The average molecular weight is 298 g/mol. The molecule has 0 bridgehead atoms. The Balaban J connectivity index is 2.28. The lowest BCUT2D eigenvalue weighted by Gasteiger charge is -2.15. The number of nitrogens with one attached hydrogen (secondary N) is 1. The predicted octanol–water partition coefficient (Wildman–Crippen LogP) is 4.03. The van der Waals surface area contributed by atoms with Gasteiger partial charge in [-0.05, 0) is 54.0 Å². The van der Waals surface area contributed by atoms with Crippen LogP contribution in [-0.2, 0) is 0 Å². The van der Waals surface area contributed by atoms with Gasteiger partial charge in [0, 0.05) is 5.56 Å². The van der Waals surface area contributed by atoms with Gasteiger partial charge in [0.05, 0.1) is 12.3 Å². The SMILES string of the molecule is CCCNC(c1ccc(C)o1)c1ccoc1Br. The molecule has 1 unspecified atom stereocenters. The molecule has 0 aliphatic carbocycles. The van der Waals surface area contributed by atoms with Crippen molar-refractivity contribution in [3.63, 3.8) is 0 Å². The second-order valence-corrected chi connectivity index (χ2v) is 4.71. The van der Waals surface area contributed by atoms with E-state index in [1.807, 2.05) is 25.1 Å². The van der Waals surface area contributed by atoms with Crippen molar-refractivity contribution in [1.82, 2.24) is 5.32 Å². The average Bonchev–Trinajstić information content (AvgIpc) is 2.90. The number of rotatable bonds is 5. The number of furan rings is 2. The molecule has 0 radical (unpaired) electrons. The molecule has 2 aromatic heterocycles. The zero-order valence-corrected chi connectivity index (χ0v) is 11.6. The molecule has 0 saturated heterocycles. The Morgan fingerprint density at radius 2 is 2.18 bits per heavy atom. The van der Waals surface area contributed by atoms with Crippen molar-refractivity contribution >= 4 is 15.9 Å². The predicted molar refractivity (Wildman–Crippen MR) is 70.0 cm³/mol. The van der Waals surface area contributed by atoms with Gasteiger partial charge in [-0.3, -0.25) is 0 Å². The summed E-state index contributed by atoms with van der Waals surface area (Å²) in [6, 6.07) is 5.97. The van der Waals surface area contributed by atoms with Crippen LogP contribution in [0.1, 0.15) is 36.5 Å². The molecular weight excluding hydrogens is 282 g/mol. The summed E-state index contributed by atoms with van der Waals surface area (Å²) in [6.07, 6.45) is 2.75. The molecule has 2 aromatic rings. The molecule has 3 nitrogen and oxygen atoms in total. The van der Waals surface area contributed by atoms with Crippen LogP contribution in [0.2, 0.25) is 0 Å². The van der Waals surface area contributed by atoms with E-state index in [1.54, 1.807) is 6.26 Å². The van der Waals surface area contributed by atoms with Crippen molar-refractivity contribution in [2.75, 3.05) is 6.54 Å². The van der Waals surface area contributed by atoms with Gasteiger partial charge in [-0.15, -0.1) is 0 Å². The molecule has 0 aliphatic rings. The maximum atomic E-state index is 5.70. The molecule has 0 spiro atoms. The van der Waals surface area contributed by atoms with Crippen molar-refractivity contribution in [1.29, 1.82) is 0 Å². The van der Waals surface area contributed by atoms with Crippen LogP contribution in [0.3, 0.4) is 0 Å². The van der Waals surface area contributed by atoms with Crippen LogP contribution in [-0.4, -0.2) is 6.54 Å². The molecule has 1 atom stereocenters. The number of hydrogen-bond acceptors (Lipinski definition) is 3. The highest BCUT2D eigenvalue weighted by atomic mass is 79.9. The molecule has 17 heavy (non-hydrogen) atoms. The Labute approximate surface area is 109 Å². The molecule has 0 aromatic carbocycles. The normalized spacial score (nSPS) is 12.9. The fourth-order valence-electron chi connectivity index (χ4n) is 1.77.